The van der Waals surface area contributed by atoms with Gasteiger partial charge < -0.3 is 19.1 Å². The van der Waals surface area contributed by atoms with E-state index in [1.807, 2.05) is 11.8 Å². The summed E-state index contributed by atoms with van der Waals surface area (Å²) in [6, 6.07) is 3.44. The van der Waals surface area contributed by atoms with Crippen LogP contribution in [0.3, 0.4) is 0 Å². The quantitative estimate of drug-likeness (QED) is 0.838. The maximum absolute atomic E-state index is 12.8. The first kappa shape index (κ1) is 17.6. The minimum Gasteiger partial charge on any atom is -0.496 e. The zero-order chi connectivity index (χ0) is 18.0. The fourth-order valence-electron chi connectivity index (χ4n) is 3.66. The van der Waals surface area contributed by atoms with Gasteiger partial charge in [0, 0.05) is 44.5 Å². The second-order valence-corrected chi connectivity index (χ2v) is 6.72. The Hall–Kier alpha value is -2.24. The molecule has 2 aliphatic rings. The van der Waals surface area contributed by atoms with Crippen molar-refractivity contribution in [1.29, 1.82) is 0 Å². The van der Waals surface area contributed by atoms with Gasteiger partial charge in [0.25, 0.3) is 0 Å². The number of rotatable bonds is 4. The van der Waals surface area contributed by atoms with Crippen molar-refractivity contribution in [1.82, 2.24) is 4.90 Å². The molecule has 0 unspecified atom stereocenters. The third-order valence-corrected chi connectivity index (χ3v) is 5.07. The first-order valence-electron chi connectivity index (χ1n) is 8.78. The lowest BCUT2D eigenvalue weighted by molar-refractivity contribution is -0.134. The van der Waals surface area contributed by atoms with E-state index in [4.69, 9.17) is 14.2 Å². The van der Waals surface area contributed by atoms with Crippen LogP contribution in [0.1, 0.15) is 49.4 Å². The number of piperidine rings is 1. The summed E-state index contributed by atoms with van der Waals surface area (Å²) in [5.41, 5.74) is -0.0526. The van der Waals surface area contributed by atoms with Crippen LogP contribution in [0.25, 0.3) is 0 Å². The highest BCUT2D eigenvalue weighted by molar-refractivity contribution is 6.03. The summed E-state index contributed by atoms with van der Waals surface area (Å²) in [5.74, 6) is 1.79. The topological polar surface area (TPSA) is 65.1 Å². The van der Waals surface area contributed by atoms with E-state index in [2.05, 4.69) is 0 Å². The molecule has 1 aromatic carbocycles. The molecule has 2 aliphatic heterocycles. The van der Waals surface area contributed by atoms with Crippen LogP contribution in [-0.2, 0) is 4.79 Å². The standard InChI is InChI=1S/C19H25NO5/c1-4-5-17(22)20-8-6-19(7-9-20)12-14(21)18-15(24-3)10-13(23-2)11-16(18)25-19/h10-11H,4-9,12H2,1-3H3. The van der Waals surface area contributed by atoms with Crippen molar-refractivity contribution in [2.75, 3.05) is 27.3 Å². The fraction of sp³-hybridized carbons (Fsp3) is 0.579. The molecular formula is C19H25NO5. The number of nitrogens with zero attached hydrogens (tertiary/aromatic N) is 1. The number of hydrogen-bond acceptors (Lipinski definition) is 5. The Bertz CT molecular complexity index is 677. The van der Waals surface area contributed by atoms with Crippen LogP contribution < -0.4 is 14.2 Å². The van der Waals surface area contributed by atoms with E-state index in [0.717, 1.165) is 6.42 Å². The Labute approximate surface area is 148 Å². The number of methoxy groups -OCH3 is 2. The molecule has 0 atom stereocenters. The van der Waals surface area contributed by atoms with Crippen LogP contribution in [0.4, 0.5) is 0 Å². The second-order valence-electron chi connectivity index (χ2n) is 6.72. The zero-order valence-corrected chi connectivity index (χ0v) is 15.1. The summed E-state index contributed by atoms with van der Waals surface area (Å²) in [6.07, 6.45) is 3.06. The van der Waals surface area contributed by atoms with E-state index in [1.54, 1.807) is 19.2 Å². The Balaban J connectivity index is 1.82. The Morgan fingerprint density at radius 2 is 1.96 bits per heavy atom. The summed E-state index contributed by atoms with van der Waals surface area (Å²) in [6.45, 7) is 3.26. The van der Waals surface area contributed by atoms with Gasteiger partial charge in [-0.25, -0.2) is 0 Å². The smallest absolute Gasteiger partial charge is 0.222 e. The maximum atomic E-state index is 12.8. The molecule has 25 heavy (non-hydrogen) atoms. The number of ketones is 1. The van der Waals surface area contributed by atoms with E-state index < -0.39 is 5.60 Å². The van der Waals surface area contributed by atoms with Crippen LogP contribution >= 0.6 is 0 Å². The minimum atomic E-state index is -0.537. The third kappa shape index (κ3) is 3.30. The van der Waals surface area contributed by atoms with Gasteiger partial charge in [0.15, 0.2) is 5.78 Å². The molecule has 0 saturated carbocycles. The monoisotopic (exact) mass is 347 g/mol. The van der Waals surface area contributed by atoms with Crippen LogP contribution in [0.2, 0.25) is 0 Å². The summed E-state index contributed by atoms with van der Waals surface area (Å²) >= 11 is 0. The van der Waals surface area contributed by atoms with Crippen molar-refractivity contribution in [2.24, 2.45) is 0 Å². The lowest BCUT2D eigenvalue weighted by atomic mass is 9.82. The molecule has 3 rings (SSSR count). The average Bonchev–Trinajstić information content (AvgIpc) is 2.61. The van der Waals surface area contributed by atoms with E-state index in [-0.39, 0.29) is 11.7 Å². The summed E-state index contributed by atoms with van der Waals surface area (Å²) in [7, 11) is 3.10. The van der Waals surface area contributed by atoms with Crippen molar-refractivity contribution in [3.63, 3.8) is 0 Å². The molecule has 0 bridgehead atoms. The molecular weight excluding hydrogens is 322 g/mol. The molecule has 6 nitrogen and oxygen atoms in total. The molecule has 0 radical (unpaired) electrons. The number of carbonyl (C=O) groups is 2. The van der Waals surface area contributed by atoms with Gasteiger partial charge in [0.2, 0.25) is 5.91 Å². The number of carbonyl (C=O) groups excluding carboxylic acids is 2. The molecule has 1 fully saturated rings. The molecule has 1 amide bonds. The summed E-state index contributed by atoms with van der Waals surface area (Å²) in [5, 5.41) is 0. The molecule has 1 spiro atoms. The number of Topliss-reactive ketones (excluding diaryl/α,β-unsaturated/α-hetero) is 1. The maximum Gasteiger partial charge on any atom is 0.222 e. The lowest BCUT2D eigenvalue weighted by Gasteiger charge is -2.44. The molecule has 1 saturated heterocycles. The average molecular weight is 347 g/mol. The number of fused-ring (bicyclic) bond motifs is 1. The van der Waals surface area contributed by atoms with E-state index >= 15 is 0 Å². The first-order chi connectivity index (χ1) is 12.0. The predicted molar refractivity (Wildman–Crippen MR) is 92.6 cm³/mol. The van der Waals surface area contributed by atoms with E-state index in [0.29, 0.717) is 61.6 Å². The van der Waals surface area contributed by atoms with Crippen LogP contribution in [0.15, 0.2) is 12.1 Å². The predicted octanol–water partition coefficient (Wildman–Crippen LogP) is 2.83. The van der Waals surface area contributed by atoms with E-state index in [1.165, 1.54) is 7.11 Å². The summed E-state index contributed by atoms with van der Waals surface area (Å²) in [4.78, 5) is 26.7. The third-order valence-electron chi connectivity index (χ3n) is 5.07. The van der Waals surface area contributed by atoms with Gasteiger partial charge in [0.05, 0.1) is 20.6 Å². The second kappa shape index (κ2) is 6.94. The van der Waals surface area contributed by atoms with Gasteiger partial charge in [-0.1, -0.05) is 6.92 Å². The van der Waals surface area contributed by atoms with Gasteiger partial charge in [-0.15, -0.1) is 0 Å². The number of hydrogen-bond donors (Lipinski definition) is 0. The summed E-state index contributed by atoms with van der Waals surface area (Å²) < 4.78 is 16.9. The Morgan fingerprint density at radius 3 is 2.56 bits per heavy atom. The molecule has 0 N–H and O–H groups in total. The van der Waals surface area contributed by atoms with Crippen molar-refractivity contribution in [2.45, 2.75) is 44.6 Å². The highest BCUT2D eigenvalue weighted by Crippen LogP contribution is 2.44. The van der Waals surface area contributed by atoms with Gasteiger partial charge in [-0.3, -0.25) is 9.59 Å². The molecule has 136 valence electrons. The van der Waals surface area contributed by atoms with Gasteiger partial charge in [-0.05, 0) is 6.42 Å². The number of likely N-dealkylation sites (tertiary alicyclic amines) is 1. The highest BCUT2D eigenvalue weighted by atomic mass is 16.5. The van der Waals surface area contributed by atoms with Crippen molar-refractivity contribution < 1.29 is 23.8 Å². The lowest BCUT2D eigenvalue weighted by Crippen LogP contribution is -2.52. The van der Waals surface area contributed by atoms with Crippen molar-refractivity contribution in [3.05, 3.63) is 17.7 Å². The number of benzene rings is 1. The number of ether oxygens (including phenoxy) is 3. The van der Waals surface area contributed by atoms with Crippen LogP contribution in [0.5, 0.6) is 17.2 Å². The van der Waals surface area contributed by atoms with Crippen LogP contribution in [0, 0.1) is 0 Å². The van der Waals surface area contributed by atoms with Crippen molar-refractivity contribution in [3.8, 4) is 17.2 Å². The molecule has 0 aliphatic carbocycles. The normalized spacial score (nSPS) is 18.5. The highest BCUT2D eigenvalue weighted by Gasteiger charge is 2.44. The Kier molecular flexibility index (Phi) is 4.88. The fourth-order valence-corrected chi connectivity index (χ4v) is 3.66. The SMILES string of the molecule is CCCC(=O)N1CCC2(CC1)CC(=O)c1c(OC)cc(OC)cc1O2. The molecule has 1 aromatic rings. The van der Waals surface area contributed by atoms with Crippen LogP contribution in [-0.4, -0.2) is 49.5 Å². The first-order valence-corrected chi connectivity index (χ1v) is 8.78. The molecule has 2 heterocycles. The number of amides is 1. The Morgan fingerprint density at radius 1 is 1.24 bits per heavy atom. The molecule has 6 heteroatoms. The van der Waals surface area contributed by atoms with Gasteiger partial charge in [-0.2, -0.15) is 0 Å². The van der Waals surface area contributed by atoms with Gasteiger partial charge in [0.1, 0.15) is 28.4 Å². The van der Waals surface area contributed by atoms with Crippen molar-refractivity contribution >= 4 is 11.7 Å². The zero-order valence-electron chi connectivity index (χ0n) is 15.1. The molecule has 0 aromatic heterocycles. The van der Waals surface area contributed by atoms with Gasteiger partial charge >= 0.3 is 0 Å². The largest absolute Gasteiger partial charge is 0.496 e. The van der Waals surface area contributed by atoms with E-state index in [9.17, 15) is 9.59 Å². The minimum absolute atomic E-state index is 0.0223.